The summed E-state index contributed by atoms with van der Waals surface area (Å²) in [6.07, 6.45) is 2.37. The van der Waals surface area contributed by atoms with Crippen LogP contribution in [0.3, 0.4) is 0 Å². The molecule has 13 nitrogen and oxygen atoms in total. The van der Waals surface area contributed by atoms with Crippen molar-refractivity contribution < 1.29 is 42.3 Å². The number of primary amides is 1. The van der Waals surface area contributed by atoms with Crippen LogP contribution >= 0.6 is 30.3 Å². The highest BCUT2D eigenvalue weighted by Crippen LogP contribution is 2.59. The number of nitrogens with one attached hydrogen (secondary N) is 3. The third-order valence-corrected chi connectivity index (χ3v) is 12.3. The Labute approximate surface area is 305 Å². The van der Waals surface area contributed by atoms with Crippen LogP contribution in [-0.2, 0) is 31.0 Å². The lowest BCUT2D eigenvalue weighted by Gasteiger charge is -2.35. The average Bonchev–Trinajstić information content (AvgIpc) is 3.85. The molecule has 0 saturated carbocycles. The Hall–Kier alpha value is -4.12. The van der Waals surface area contributed by atoms with Crippen LogP contribution in [0.25, 0.3) is 10.1 Å². The molecule has 0 bridgehead atoms. The number of hydrogen-bond donors (Lipinski definition) is 6. The van der Waals surface area contributed by atoms with Crippen molar-refractivity contribution >= 4 is 64.0 Å². The van der Waals surface area contributed by atoms with Crippen LogP contribution in [0.5, 0.6) is 0 Å². The number of benzene rings is 2. The normalized spacial score (nSPS) is 20.2. The first-order chi connectivity index (χ1) is 24.7. The van der Waals surface area contributed by atoms with Crippen molar-refractivity contribution in [3.05, 3.63) is 86.7 Å². The number of carbonyl (C=O) groups is 4. The fraction of sp³-hybridized carbons (Fsp3) is 0.382. The number of halogens is 2. The molecule has 2 fully saturated rings. The van der Waals surface area contributed by atoms with Crippen LogP contribution in [0.15, 0.2) is 60.0 Å². The molecule has 18 heteroatoms. The van der Waals surface area contributed by atoms with E-state index in [1.165, 1.54) is 28.4 Å². The topological polar surface area (TPSA) is 204 Å². The summed E-state index contributed by atoms with van der Waals surface area (Å²) in [7, 11) is -5.79. The summed E-state index contributed by atoms with van der Waals surface area (Å²) in [6.45, 7) is 0.607. The van der Waals surface area contributed by atoms with Crippen molar-refractivity contribution in [3.8, 4) is 0 Å². The van der Waals surface area contributed by atoms with Gasteiger partial charge in [-0.1, -0.05) is 36.4 Å². The SMILES string of the molecule is NC(=O)CCC(NC(=O)[C@@H]1CC[C@@H]2CCNC[C@H](NC(=O)c3cc4cc(C(F)(F)P(=O)(O)O)ccc4s3)C(=O)N21)c1nc(Cc2ccccc2)cs1. The van der Waals surface area contributed by atoms with Crippen molar-refractivity contribution in [2.24, 2.45) is 5.73 Å². The summed E-state index contributed by atoms with van der Waals surface area (Å²) in [5.41, 5.74) is 2.04. The van der Waals surface area contributed by atoms with Gasteiger partial charge in [0.05, 0.1) is 16.6 Å². The standard InChI is InChI=1S/C34H37F2N6O7PS2/c35-34(36,50(47,48)49)21-6-10-27-20(15-21)16-28(52-27)31(45)41-25-17-38-13-12-23-7-9-26(42(23)33(25)46)30(44)40-24(8-11-29(37)43)32-39-22(18-51-32)14-19-4-2-1-3-5-19/h1-6,10,15-16,18,23-26,38H,7-9,11-14,17H2,(H2,37,43)(H,40,44)(H,41,45)(H2,47,48,49)/t23-,24?,25+,26+/m1/s1. The van der Waals surface area contributed by atoms with Crippen molar-refractivity contribution in [3.63, 3.8) is 0 Å². The number of carbonyl (C=O) groups excluding carboxylic acids is 4. The molecule has 4 atom stereocenters. The zero-order valence-electron chi connectivity index (χ0n) is 27.7. The Morgan fingerprint density at radius 2 is 1.88 bits per heavy atom. The molecule has 4 amide bonds. The number of rotatable bonds is 12. The first-order valence-corrected chi connectivity index (χ1v) is 19.9. The lowest BCUT2D eigenvalue weighted by molar-refractivity contribution is -0.142. The number of alkyl halides is 2. The van der Waals surface area contributed by atoms with Crippen LogP contribution in [0.4, 0.5) is 8.78 Å². The molecule has 2 aliphatic rings. The Bertz CT molecular complexity index is 2020. The van der Waals surface area contributed by atoms with Crippen LogP contribution in [-0.4, -0.2) is 74.5 Å². The minimum Gasteiger partial charge on any atom is -0.370 e. The van der Waals surface area contributed by atoms with Gasteiger partial charge in [-0.2, -0.15) is 8.78 Å². The maximum Gasteiger partial charge on any atom is 0.399 e. The van der Waals surface area contributed by atoms with E-state index in [0.29, 0.717) is 41.9 Å². The van der Waals surface area contributed by atoms with E-state index in [0.717, 1.165) is 34.7 Å². The molecule has 0 radical (unpaired) electrons. The number of nitrogens with two attached hydrogens (primary N) is 1. The summed E-state index contributed by atoms with van der Waals surface area (Å²) < 4.78 is 40.5. The van der Waals surface area contributed by atoms with Gasteiger partial charge >= 0.3 is 13.3 Å². The van der Waals surface area contributed by atoms with Crippen LogP contribution in [0, 0.1) is 0 Å². The Balaban J connectivity index is 1.17. The highest BCUT2D eigenvalue weighted by Gasteiger charge is 2.50. The van der Waals surface area contributed by atoms with Crippen molar-refractivity contribution in [2.75, 3.05) is 13.1 Å². The summed E-state index contributed by atoms with van der Waals surface area (Å²) in [5.74, 6) is -2.04. The van der Waals surface area contributed by atoms with Gasteiger partial charge in [-0.05, 0) is 61.4 Å². The van der Waals surface area contributed by atoms with E-state index in [4.69, 9.17) is 20.5 Å². The maximum atomic E-state index is 14.3. The predicted molar refractivity (Wildman–Crippen MR) is 191 cm³/mol. The van der Waals surface area contributed by atoms with Gasteiger partial charge in [-0.25, -0.2) is 4.98 Å². The van der Waals surface area contributed by atoms with Crippen LogP contribution in [0.2, 0.25) is 0 Å². The molecule has 2 aromatic heterocycles. The highest BCUT2D eigenvalue weighted by molar-refractivity contribution is 7.52. The largest absolute Gasteiger partial charge is 0.399 e. The highest BCUT2D eigenvalue weighted by atomic mass is 32.1. The zero-order valence-corrected chi connectivity index (χ0v) is 30.2. The van der Waals surface area contributed by atoms with Gasteiger partial charge < -0.3 is 36.4 Å². The maximum absolute atomic E-state index is 14.3. The average molecular weight is 775 g/mol. The molecule has 0 spiro atoms. The molecule has 0 aliphatic carbocycles. The third-order valence-electron chi connectivity index (χ3n) is 9.21. The first-order valence-electron chi connectivity index (χ1n) is 16.6. The van der Waals surface area contributed by atoms with E-state index in [1.807, 2.05) is 35.7 Å². The molecule has 1 unspecified atom stereocenters. The predicted octanol–water partition coefficient (Wildman–Crippen LogP) is 3.75. The quantitative estimate of drug-likeness (QED) is 0.116. The number of aromatic nitrogens is 1. The molecule has 4 aromatic rings. The van der Waals surface area contributed by atoms with Gasteiger partial charge in [0.1, 0.15) is 17.1 Å². The fourth-order valence-electron chi connectivity index (χ4n) is 6.57. The Morgan fingerprint density at radius 3 is 2.62 bits per heavy atom. The molecule has 6 rings (SSSR count). The van der Waals surface area contributed by atoms with Gasteiger partial charge in [0.25, 0.3) is 5.91 Å². The summed E-state index contributed by atoms with van der Waals surface area (Å²) in [6, 6.07) is 11.4. The Kier molecular flexibility index (Phi) is 11.2. The van der Waals surface area contributed by atoms with Gasteiger partial charge in [-0.15, -0.1) is 22.7 Å². The number of amides is 4. The number of nitrogens with zero attached hydrogens (tertiary/aromatic N) is 2. The first kappa shape index (κ1) is 37.6. The van der Waals surface area contributed by atoms with Crippen molar-refractivity contribution in [1.29, 1.82) is 0 Å². The molecule has 52 heavy (non-hydrogen) atoms. The molecular weight excluding hydrogens is 738 g/mol. The molecule has 7 N–H and O–H groups in total. The summed E-state index contributed by atoms with van der Waals surface area (Å²) in [4.78, 5) is 77.8. The molecule has 2 saturated heterocycles. The fourth-order valence-corrected chi connectivity index (χ4v) is 8.90. The zero-order chi connectivity index (χ0) is 37.2. The molecule has 276 valence electrons. The number of thiophene rings is 1. The second-order valence-electron chi connectivity index (χ2n) is 12.9. The van der Waals surface area contributed by atoms with E-state index in [1.54, 1.807) is 0 Å². The number of hydrogen-bond acceptors (Lipinski definition) is 9. The van der Waals surface area contributed by atoms with E-state index in [2.05, 4.69) is 16.0 Å². The number of thiazole rings is 1. The van der Waals surface area contributed by atoms with E-state index < -0.39 is 60.6 Å². The van der Waals surface area contributed by atoms with Crippen LogP contribution in [0.1, 0.15) is 69.6 Å². The lowest BCUT2D eigenvalue weighted by Crippen LogP contribution is -2.60. The lowest BCUT2D eigenvalue weighted by atomic mass is 10.1. The van der Waals surface area contributed by atoms with Crippen LogP contribution < -0.4 is 21.7 Å². The monoisotopic (exact) mass is 774 g/mol. The van der Waals surface area contributed by atoms with E-state index in [-0.39, 0.29) is 35.7 Å². The van der Waals surface area contributed by atoms with Gasteiger partial charge in [-0.3, -0.25) is 23.7 Å². The van der Waals surface area contributed by atoms with Gasteiger partial charge in [0.2, 0.25) is 17.7 Å². The summed E-state index contributed by atoms with van der Waals surface area (Å²) in [5, 5.41) is 11.6. The second-order valence-corrected chi connectivity index (χ2v) is 16.5. The van der Waals surface area contributed by atoms with Crippen molar-refractivity contribution in [2.45, 2.75) is 68.4 Å². The third kappa shape index (κ3) is 8.24. The molecular formula is C34H37F2N6O7PS2. The molecule has 2 aromatic carbocycles. The van der Waals surface area contributed by atoms with Gasteiger partial charge in [0, 0.05) is 41.1 Å². The Morgan fingerprint density at radius 1 is 1.12 bits per heavy atom. The van der Waals surface area contributed by atoms with E-state index in [9.17, 15) is 32.5 Å². The van der Waals surface area contributed by atoms with Gasteiger partial charge in [0.15, 0.2) is 0 Å². The molecule has 2 aliphatic heterocycles. The number of fused-ring (bicyclic) bond motifs is 2. The van der Waals surface area contributed by atoms with Crippen molar-refractivity contribution in [1.82, 2.24) is 25.8 Å². The summed E-state index contributed by atoms with van der Waals surface area (Å²) >= 11 is 2.34. The smallest absolute Gasteiger partial charge is 0.370 e. The minimum absolute atomic E-state index is 0.0133. The van der Waals surface area contributed by atoms with E-state index >= 15 is 0 Å². The minimum atomic E-state index is -5.79. The molecule has 4 heterocycles. The second kappa shape index (κ2) is 15.5.